The molecule has 0 saturated heterocycles. The summed E-state index contributed by atoms with van der Waals surface area (Å²) < 4.78 is 2.99. The van der Waals surface area contributed by atoms with Crippen molar-refractivity contribution >= 4 is 12.6 Å². The Morgan fingerprint density at radius 1 is 0.850 bits per heavy atom. The van der Waals surface area contributed by atoms with E-state index >= 15 is 0 Å². The number of aldehydes is 2. The van der Waals surface area contributed by atoms with E-state index in [1.165, 1.54) is 21.8 Å². The summed E-state index contributed by atoms with van der Waals surface area (Å²) in [6.07, 6.45) is 7.52. The molecule has 0 aromatic carbocycles. The molecular formula is C13H9N5O2. The van der Waals surface area contributed by atoms with Crippen LogP contribution in [0.25, 0.3) is 11.6 Å². The molecule has 0 saturated carbocycles. The monoisotopic (exact) mass is 267 g/mol. The Morgan fingerprint density at radius 2 is 1.35 bits per heavy atom. The molecule has 0 aliphatic heterocycles. The molecular weight excluding hydrogens is 258 g/mol. The second-order valence-corrected chi connectivity index (χ2v) is 4.03. The van der Waals surface area contributed by atoms with Gasteiger partial charge in [0.25, 0.3) is 0 Å². The van der Waals surface area contributed by atoms with Crippen molar-refractivity contribution in [3.63, 3.8) is 0 Å². The summed E-state index contributed by atoms with van der Waals surface area (Å²) in [5.41, 5.74) is 0.944. The van der Waals surface area contributed by atoms with Crippen LogP contribution in [0.4, 0.5) is 0 Å². The predicted octanol–water partition coefficient (Wildman–Crippen LogP) is 1.08. The number of carbonyl (C=O) groups is 2. The topological polar surface area (TPSA) is 82.7 Å². The van der Waals surface area contributed by atoms with Crippen molar-refractivity contribution in [2.75, 3.05) is 0 Å². The zero-order chi connectivity index (χ0) is 13.9. The van der Waals surface area contributed by atoms with Crippen LogP contribution in [0.3, 0.4) is 0 Å². The summed E-state index contributed by atoms with van der Waals surface area (Å²) in [6, 6.07) is 5.31. The van der Waals surface area contributed by atoms with Crippen molar-refractivity contribution in [3.8, 4) is 11.6 Å². The van der Waals surface area contributed by atoms with Gasteiger partial charge in [-0.15, -0.1) is 0 Å². The predicted molar refractivity (Wildman–Crippen MR) is 69.3 cm³/mol. The zero-order valence-electron chi connectivity index (χ0n) is 10.2. The first kappa shape index (κ1) is 12.0. The lowest BCUT2D eigenvalue weighted by Crippen LogP contribution is -2.03. The molecule has 3 heterocycles. The third kappa shape index (κ3) is 2.12. The lowest BCUT2D eigenvalue weighted by Gasteiger charge is -2.03. The summed E-state index contributed by atoms with van der Waals surface area (Å²) in [4.78, 5) is 25.7. The molecule has 98 valence electrons. The molecule has 3 aromatic heterocycles. The standard InChI is InChI=1S/C13H9N5O2/c19-8-10-4-14-17(6-10)12-2-1-3-13(16-12)18-7-11(9-20)5-15-18/h1-9H. The minimum atomic E-state index is 0.472. The van der Waals surface area contributed by atoms with E-state index < -0.39 is 0 Å². The quantitative estimate of drug-likeness (QED) is 0.660. The van der Waals surface area contributed by atoms with Crippen LogP contribution in [0.1, 0.15) is 20.7 Å². The van der Waals surface area contributed by atoms with Gasteiger partial charge in [0, 0.05) is 12.4 Å². The molecule has 0 aliphatic carbocycles. The highest BCUT2D eigenvalue weighted by atomic mass is 16.1. The number of hydrogen-bond acceptors (Lipinski definition) is 5. The summed E-state index contributed by atoms with van der Waals surface area (Å²) >= 11 is 0. The highest BCUT2D eigenvalue weighted by Crippen LogP contribution is 2.09. The van der Waals surface area contributed by atoms with E-state index in [4.69, 9.17) is 0 Å². The van der Waals surface area contributed by atoms with Crippen molar-refractivity contribution in [2.24, 2.45) is 0 Å². The number of rotatable bonds is 4. The molecule has 3 rings (SSSR count). The van der Waals surface area contributed by atoms with E-state index in [-0.39, 0.29) is 0 Å². The van der Waals surface area contributed by atoms with Crippen molar-refractivity contribution in [3.05, 3.63) is 54.1 Å². The SMILES string of the molecule is O=Cc1cnn(-c2cccc(-n3cc(C=O)cn3)n2)c1. The van der Waals surface area contributed by atoms with Crippen LogP contribution in [0.2, 0.25) is 0 Å². The second-order valence-electron chi connectivity index (χ2n) is 4.03. The lowest BCUT2D eigenvalue weighted by molar-refractivity contribution is 0.111. The first-order chi connectivity index (χ1) is 9.80. The number of aromatic nitrogens is 5. The van der Waals surface area contributed by atoms with Gasteiger partial charge in [-0.05, 0) is 12.1 Å². The first-order valence-electron chi connectivity index (χ1n) is 5.77. The summed E-state index contributed by atoms with van der Waals surface area (Å²) in [5, 5.41) is 8.10. The van der Waals surface area contributed by atoms with Crippen LogP contribution in [0.5, 0.6) is 0 Å². The third-order valence-corrected chi connectivity index (χ3v) is 2.67. The van der Waals surface area contributed by atoms with E-state index in [1.54, 1.807) is 30.6 Å². The lowest BCUT2D eigenvalue weighted by atomic mass is 10.4. The van der Waals surface area contributed by atoms with Crippen molar-refractivity contribution in [1.29, 1.82) is 0 Å². The Kier molecular flexibility index (Phi) is 2.92. The van der Waals surface area contributed by atoms with Gasteiger partial charge in [-0.3, -0.25) is 9.59 Å². The molecule has 0 fully saturated rings. The smallest absolute Gasteiger partial charge is 0.155 e. The molecule has 0 aliphatic rings. The number of hydrogen-bond donors (Lipinski definition) is 0. The second kappa shape index (κ2) is 4.88. The molecule has 20 heavy (non-hydrogen) atoms. The Labute approximate surface area is 113 Å². The van der Waals surface area contributed by atoms with E-state index in [0.717, 1.165) is 12.6 Å². The molecule has 0 bridgehead atoms. The van der Waals surface area contributed by atoms with Gasteiger partial charge in [0.15, 0.2) is 24.2 Å². The average Bonchev–Trinajstić information content (AvgIpc) is 3.16. The molecule has 0 amide bonds. The fourth-order valence-electron chi connectivity index (χ4n) is 1.71. The van der Waals surface area contributed by atoms with Gasteiger partial charge < -0.3 is 0 Å². The maximum Gasteiger partial charge on any atom is 0.155 e. The summed E-state index contributed by atoms with van der Waals surface area (Å²) in [7, 11) is 0. The molecule has 0 unspecified atom stereocenters. The van der Waals surface area contributed by atoms with Crippen LogP contribution in [0, 0.1) is 0 Å². The Morgan fingerprint density at radius 3 is 1.75 bits per heavy atom. The number of pyridine rings is 1. The van der Waals surface area contributed by atoms with E-state index in [1.807, 2.05) is 0 Å². The number of nitrogens with zero attached hydrogens (tertiary/aromatic N) is 5. The van der Waals surface area contributed by atoms with Gasteiger partial charge in [-0.2, -0.15) is 10.2 Å². The van der Waals surface area contributed by atoms with Gasteiger partial charge in [-0.1, -0.05) is 6.07 Å². The fourth-order valence-corrected chi connectivity index (χ4v) is 1.71. The van der Waals surface area contributed by atoms with E-state index in [0.29, 0.717) is 22.8 Å². The molecule has 0 atom stereocenters. The van der Waals surface area contributed by atoms with Crippen molar-refractivity contribution in [2.45, 2.75) is 0 Å². The van der Waals surface area contributed by atoms with E-state index in [9.17, 15) is 9.59 Å². The molecule has 0 N–H and O–H groups in total. The Bertz CT molecular complexity index is 713. The maximum absolute atomic E-state index is 10.7. The fraction of sp³-hybridized carbons (Fsp3) is 0. The average molecular weight is 267 g/mol. The van der Waals surface area contributed by atoms with Crippen LogP contribution < -0.4 is 0 Å². The highest BCUT2D eigenvalue weighted by molar-refractivity contribution is 5.74. The van der Waals surface area contributed by atoms with E-state index in [2.05, 4.69) is 15.2 Å². The minimum Gasteiger partial charge on any atom is -0.298 e. The normalized spacial score (nSPS) is 10.4. The van der Waals surface area contributed by atoms with Crippen molar-refractivity contribution in [1.82, 2.24) is 24.5 Å². The Balaban J connectivity index is 2.00. The summed E-state index contributed by atoms with van der Waals surface area (Å²) in [6.45, 7) is 0. The number of carbonyl (C=O) groups excluding carboxylic acids is 2. The van der Waals surface area contributed by atoms with Crippen molar-refractivity contribution < 1.29 is 9.59 Å². The van der Waals surface area contributed by atoms with Gasteiger partial charge in [-0.25, -0.2) is 14.3 Å². The first-order valence-corrected chi connectivity index (χ1v) is 5.77. The molecule has 7 heteroatoms. The Hall–Kier alpha value is -3.09. The third-order valence-electron chi connectivity index (χ3n) is 2.67. The van der Waals surface area contributed by atoms with Gasteiger partial charge in [0.2, 0.25) is 0 Å². The molecule has 3 aromatic rings. The van der Waals surface area contributed by atoms with Crippen LogP contribution in [-0.2, 0) is 0 Å². The zero-order valence-corrected chi connectivity index (χ0v) is 10.2. The van der Waals surface area contributed by atoms with Crippen LogP contribution in [0.15, 0.2) is 43.0 Å². The van der Waals surface area contributed by atoms with Crippen LogP contribution >= 0.6 is 0 Å². The van der Waals surface area contributed by atoms with Gasteiger partial charge in [0.05, 0.1) is 23.5 Å². The minimum absolute atomic E-state index is 0.472. The maximum atomic E-state index is 10.7. The molecule has 7 nitrogen and oxygen atoms in total. The van der Waals surface area contributed by atoms with Crippen LogP contribution in [-0.4, -0.2) is 37.1 Å². The summed E-state index contributed by atoms with van der Waals surface area (Å²) in [5.74, 6) is 1.11. The van der Waals surface area contributed by atoms with Gasteiger partial charge >= 0.3 is 0 Å². The molecule has 0 spiro atoms. The molecule has 0 radical (unpaired) electrons. The largest absolute Gasteiger partial charge is 0.298 e. The highest BCUT2D eigenvalue weighted by Gasteiger charge is 2.05. The van der Waals surface area contributed by atoms with Gasteiger partial charge in [0.1, 0.15) is 0 Å².